The number of methoxy groups -OCH3 is 2. The monoisotopic (exact) mass is 537 g/mol. The van der Waals surface area contributed by atoms with Crippen molar-refractivity contribution in [2.24, 2.45) is 5.11 Å². The highest BCUT2D eigenvalue weighted by Crippen LogP contribution is 2.38. The average Bonchev–Trinajstić information content (AvgIpc) is 3.36. The van der Waals surface area contributed by atoms with Crippen molar-refractivity contribution in [2.45, 2.75) is 50.1 Å². The smallest absolute Gasteiger partial charge is 0.246 e. The molecule has 11 nitrogen and oxygen atoms in total. The predicted molar refractivity (Wildman–Crippen MR) is 143 cm³/mol. The maximum Gasteiger partial charge on any atom is 0.246 e. The van der Waals surface area contributed by atoms with E-state index in [0.29, 0.717) is 32.6 Å². The Balaban J connectivity index is 1.60. The minimum Gasteiger partial charge on any atom is -0.497 e. The Labute approximate surface area is 228 Å². The summed E-state index contributed by atoms with van der Waals surface area (Å²) in [5, 5.41) is 6.52. The van der Waals surface area contributed by atoms with Gasteiger partial charge >= 0.3 is 0 Å². The van der Waals surface area contributed by atoms with E-state index in [1.807, 2.05) is 59.5 Å². The minimum absolute atomic E-state index is 0.175. The van der Waals surface area contributed by atoms with Gasteiger partial charge in [-0.3, -0.25) is 4.79 Å². The molecule has 1 N–H and O–H groups in total. The largest absolute Gasteiger partial charge is 0.497 e. The van der Waals surface area contributed by atoms with Crippen molar-refractivity contribution in [3.8, 4) is 5.75 Å². The Morgan fingerprint density at radius 1 is 1.15 bits per heavy atom. The van der Waals surface area contributed by atoms with Gasteiger partial charge in [-0.25, -0.2) is 0 Å². The Morgan fingerprint density at radius 2 is 1.92 bits per heavy atom. The van der Waals surface area contributed by atoms with Crippen molar-refractivity contribution in [1.29, 1.82) is 0 Å². The molecule has 2 heterocycles. The fourth-order valence-corrected chi connectivity index (χ4v) is 4.84. The normalized spacial score (nSPS) is 23.2. The van der Waals surface area contributed by atoms with Crippen molar-refractivity contribution in [2.75, 3.05) is 34.0 Å². The number of hydrogen-bond donors (Lipinski definition) is 1. The van der Waals surface area contributed by atoms with E-state index in [9.17, 15) is 4.79 Å². The van der Waals surface area contributed by atoms with E-state index in [-0.39, 0.29) is 25.3 Å². The first-order valence-electron chi connectivity index (χ1n) is 12.9. The molecule has 2 aliphatic heterocycles. The van der Waals surface area contributed by atoms with E-state index < -0.39 is 17.9 Å². The van der Waals surface area contributed by atoms with E-state index in [2.05, 4.69) is 15.3 Å². The molecule has 2 aliphatic rings. The third kappa shape index (κ3) is 7.08. The number of carbonyl (C=O) groups is 1. The molecule has 2 unspecified atom stereocenters. The molecule has 0 bridgehead atoms. The zero-order chi connectivity index (χ0) is 27.5. The zero-order valence-corrected chi connectivity index (χ0v) is 22.3. The molecule has 208 valence electrons. The van der Waals surface area contributed by atoms with Gasteiger partial charge in [0.15, 0.2) is 5.72 Å². The highest BCUT2D eigenvalue weighted by atomic mass is 16.6. The van der Waals surface area contributed by atoms with Crippen molar-refractivity contribution >= 4 is 5.91 Å². The Bertz CT molecular complexity index is 1140. The van der Waals surface area contributed by atoms with Crippen molar-refractivity contribution in [3.63, 3.8) is 0 Å². The fourth-order valence-electron chi connectivity index (χ4n) is 4.84. The lowest BCUT2D eigenvalue weighted by Crippen LogP contribution is -2.62. The Hall–Kier alpha value is -3.60. The van der Waals surface area contributed by atoms with Crippen LogP contribution >= 0.6 is 0 Å². The number of hydrogen-bond acceptors (Lipinski definition) is 8. The highest BCUT2D eigenvalue weighted by Gasteiger charge is 2.57. The summed E-state index contributed by atoms with van der Waals surface area (Å²) in [6, 6.07) is 17.6. The summed E-state index contributed by atoms with van der Waals surface area (Å²) in [5.74, 6) is 0.585. The van der Waals surface area contributed by atoms with Gasteiger partial charge in [0, 0.05) is 30.8 Å². The number of ether oxygens (including phenoxy) is 5. The van der Waals surface area contributed by atoms with E-state index in [1.165, 1.54) is 6.08 Å². The predicted octanol–water partition coefficient (Wildman–Crippen LogP) is 3.90. The van der Waals surface area contributed by atoms with Crippen LogP contribution in [-0.4, -0.2) is 68.9 Å². The number of carbonyl (C=O) groups excluding carboxylic acids is 1. The first-order chi connectivity index (χ1) is 19.1. The topological polar surface area (TPSA) is 127 Å². The zero-order valence-electron chi connectivity index (χ0n) is 22.3. The van der Waals surface area contributed by atoms with Crippen molar-refractivity contribution in [3.05, 3.63) is 88.4 Å². The molecule has 0 aliphatic carbocycles. The first-order valence-corrected chi connectivity index (χ1v) is 12.9. The highest BCUT2D eigenvalue weighted by molar-refractivity contribution is 5.88. The number of nitrogens with one attached hydrogen (secondary N) is 1. The molecular formula is C28H35N5O6. The molecule has 4 atom stereocenters. The number of benzene rings is 2. The van der Waals surface area contributed by atoms with Crippen LogP contribution in [0.1, 0.15) is 24.0 Å². The van der Waals surface area contributed by atoms with Crippen molar-refractivity contribution < 1.29 is 28.5 Å². The second-order valence-corrected chi connectivity index (χ2v) is 9.32. The van der Waals surface area contributed by atoms with E-state index in [4.69, 9.17) is 29.2 Å². The van der Waals surface area contributed by atoms with Gasteiger partial charge in [-0.05, 0) is 41.6 Å². The molecule has 1 fully saturated rings. The molecule has 0 spiro atoms. The molecular weight excluding hydrogens is 502 g/mol. The molecule has 4 rings (SSSR count). The van der Waals surface area contributed by atoms with Crippen LogP contribution < -0.4 is 10.1 Å². The van der Waals surface area contributed by atoms with Crippen LogP contribution in [0.25, 0.3) is 10.4 Å². The standard InChI is InChI=1S/C28H35N5O6/c1-35-23-12-10-22(11-13-23)18-38-27-26(39-19-28(27,36-2)33-16-14-25(34)30-20-33)24(9-6-15-31-32-29)37-17-21-7-4-3-5-8-21/h3-5,7-8,10-14,16,24,26-27H,6,9,15,17-20H2,1-2H3,(H,30,34)/t24-,26-,27?,28?/m1/s1. The summed E-state index contributed by atoms with van der Waals surface area (Å²) < 4.78 is 30.8. The molecule has 39 heavy (non-hydrogen) atoms. The van der Waals surface area contributed by atoms with Gasteiger partial charge in [0.2, 0.25) is 5.91 Å². The summed E-state index contributed by atoms with van der Waals surface area (Å²) in [6.07, 6.45) is 2.93. The molecule has 11 heteroatoms. The number of azide groups is 1. The average molecular weight is 538 g/mol. The van der Waals surface area contributed by atoms with E-state index in [0.717, 1.165) is 16.9 Å². The SMILES string of the molecule is COc1ccc(COC2[C@@H]([C@@H](CCCN=[N+]=[N-])OCc3ccccc3)OCC2(OC)N2C=CC(=O)NC2)cc1. The third-order valence-electron chi connectivity index (χ3n) is 6.97. The summed E-state index contributed by atoms with van der Waals surface area (Å²) in [6.45, 7) is 1.48. The Kier molecular flexibility index (Phi) is 10.2. The van der Waals surface area contributed by atoms with Gasteiger partial charge in [0.05, 0.1) is 39.7 Å². The maximum atomic E-state index is 11.8. The molecule has 2 aromatic rings. The molecule has 0 saturated carbocycles. The van der Waals surface area contributed by atoms with E-state index >= 15 is 0 Å². The summed E-state index contributed by atoms with van der Waals surface area (Å²) in [4.78, 5) is 16.6. The van der Waals surface area contributed by atoms with Gasteiger partial charge in [-0.15, -0.1) is 0 Å². The van der Waals surface area contributed by atoms with E-state index in [1.54, 1.807) is 20.4 Å². The molecule has 1 amide bonds. The fraction of sp³-hybridized carbons (Fsp3) is 0.464. The summed E-state index contributed by atoms with van der Waals surface area (Å²) in [7, 11) is 3.24. The van der Waals surface area contributed by atoms with Gasteiger partial charge in [-0.2, -0.15) is 0 Å². The summed E-state index contributed by atoms with van der Waals surface area (Å²) in [5.41, 5.74) is 9.71. The number of amides is 1. The first kappa shape index (κ1) is 28.4. The van der Waals surface area contributed by atoms with Crippen LogP contribution in [0.3, 0.4) is 0 Å². The lowest BCUT2D eigenvalue weighted by molar-refractivity contribution is -0.193. The Morgan fingerprint density at radius 3 is 2.59 bits per heavy atom. The summed E-state index contributed by atoms with van der Waals surface area (Å²) >= 11 is 0. The molecule has 0 radical (unpaired) electrons. The molecule has 0 aromatic heterocycles. The molecule has 1 saturated heterocycles. The number of nitrogens with zero attached hydrogens (tertiary/aromatic N) is 4. The van der Waals surface area contributed by atoms with Crippen LogP contribution in [0.5, 0.6) is 5.75 Å². The molecule has 2 aromatic carbocycles. The number of rotatable bonds is 14. The maximum absolute atomic E-state index is 11.8. The lowest BCUT2D eigenvalue weighted by Gasteiger charge is -2.44. The lowest BCUT2D eigenvalue weighted by atomic mass is 9.96. The second kappa shape index (κ2) is 14.0. The van der Waals surface area contributed by atoms with Gasteiger partial charge in [-0.1, -0.05) is 47.6 Å². The van der Waals surface area contributed by atoms with Crippen molar-refractivity contribution in [1.82, 2.24) is 10.2 Å². The quantitative estimate of drug-likeness (QED) is 0.168. The van der Waals surface area contributed by atoms with Crippen LogP contribution in [0.2, 0.25) is 0 Å². The van der Waals surface area contributed by atoms with Crippen LogP contribution in [-0.2, 0) is 37.0 Å². The van der Waals surface area contributed by atoms with Gasteiger partial charge in [0.25, 0.3) is 0 Å². The second-order valence-electron chi connectivity index (χ2n) is 9.32. The van der Waals surface area contributed by atoms with Crippen LogP contribution in [0.4, 0.5) is 0 Å². The van der Waals surface area contributed by atoms with Crippen LogP contribution in [0.15, 0.2) is 72.0 Å². The third-order valence-corrected chi connectivity index (χ3v) is 6.97. The van der Waals surface area contributed by atoms with Gasteiger partial charge < -0.3 is 33.9 Å². The van der Waals surface area contributed by atoms with Crippen LogP contribution in [0, 0.1) is 0 Å². The van der Waals surface area contributed by atoms with Gasteiger partial charge in [0.1, 0.15) is 18.0 Å². The minimum atomic E-state index is -1.01.